The molecule has 0 fully saturated rings. The summed E-state index contributed by atoms with van der Waals surface area (Å²) in [7, 11) is 0. The fourth-order valence-corrected chi connectivity index (χ4v) is 2.61. The van der Waals surface area contributed by atoms with Gasteiger partial charge in [0.25, 0.3) is 0 Å². The van der Waals surface area contributed by atoms with E-state index in [9.17, 15) is 0 Å². The molecule has 0 amide bonds. The van der Waals surface area contributed by atoms with Gasteiger partial charge in [-0.05, 0) is 35.7 Å². The van der Waals surface area contributed by atoms with Gasteiger partial charge in [0, 0.05) is 28.5 Å². The second kappa shape index (κ2) is 7.90. The number of halogens is 3. The minimum absolute atomic E-state index is 0.203. The Morgan fingerprint density at radius 1 is 1.00 bits per heavy atom. The van der Waals surface area contributed by atoms with E-state index < -0.39 is 0 Å². The van der Waals surface area contributed by atoms with E-state index in [0.717, 1.165) is 17.0 Å². The molecule has 20 heavy (non-hydrogen) atoms. The van der Waals surface area contributed by atoms with E-state index in [4.69, 9.17) is 34.8 Å². The average molecular weight is 329 g/mol. The lowest BCUT2D eigenvalue weighted by molar-refractivity contribution is 0.550. The lowest BCUT2D eigenvalue weighted by Gasteiger charge is -2.17. The lowest BCUT2D eigenvalue weighted by Crippen LogP contribution is -2.32. The molecule has 2 rings (SSSR count). The smallest absolute Gasteiger partial charge is 0.0451 e. The highest BCUT2D eigenvalue weighted by Crippen LogP contribution is 2.20. The van der Waals surface area contributed by atoms with E-state index in [1.165, 1.54) is 5.56 Å². The van der Waals surface area contributed by atoms with Crippen molar-refractivity contribution in [1.29, 1.82) is 0 Å². The summed E-state index contributed by atoms with van der Waals surface area (Å²) in [6.45, 7) is 0.656. The zero-order valence-electron chi connectivity index (χ0n) is 11.0. The highest BCUT2D eigenvalue weighted by molar-refractivity contribution is 6.33. The van der Waals surface area contributed by atoms with Crippen LogP contribution in [0.4, 0.5) is 0 Å². The van der Waals surface area contributed by atoms with Crippen LogP contribution in [0.25, 0.3) is 0 Å². The van der Waals surface area contributed by atoms with Gasteiger partial charge >= 0.3 is 0 Å². The molecule has 0 saturated carbocycles. The Morgan fingerprint density at radius 2 is 1.75 bits per heavy atom. The summed E-state index contributed by atoms with van der Waals surface area (Å²) >= 11 is 18.2. The third kappa shape index (κ3) is 4.68. The van der Waals surface area contributed by atoms with Crippen molar-refractivity contribution in [1.82, 2.24) is 5.32 Å². The molecule has 0 radical (unpaired) electrons. The summed E-state index contributed by atoms with van der Waals surface area (Å²) in [5.41, 5.74) is 2.25. The van der Waals surface area contributed by atoms with Gasteiger partial charge in [-0.1, -0.05) is 53.5 Å². The molecule has 0 aliphatic carbocycles. The summed E-state index contributed by atoms with van der Waals surface area (Å²) in [6.07, 6.45) is 0.891. The number of nitrogens with one attached hydrogen (secondary N) is 1. The molecule has 1 atom stereocenters. The van der Waals surface area contributed by atoms with Crippen molar-refractivity contribution in [3.8, 4) is 0 Å². The third-order valence-corrected chi connectivity index (χ3v) is 4.08. The van der Waals surface area contributed by atoms with Crippen LogP contribution < -0.4 is 5.32 Å². The molecule has 0 bridgehead atoms. The van der Waals surface area contributed by atoms with Crippen molar-refractivity contribution >= 4 is 34.8 Å². The number of benzene rings is 2. The largest absolute Gasteiger partial charge is 0.308 e. The third-order valence-electron chi connectivity index (χ3n) is 3.10. The summed E-state index contributed by atoms with van der Waals surface area (Å²) in [5.74, 6) is 0.549. The van der Waals surface area contributed by atoms with Gasteiger partial charge in [0.1, 0.15) is 0 Å². The monoisotopic (exact) mass is 327 g/mol. The van der Waals surface area contributed by atoms with Gasteiger partial charge in [-0.25, -0.2) is 0 Å². The normalized spacial score (nSPS) is 12.3. The summed E-state index contributed by atoms with van der Waals surface area (Å²) < 4.78 is 0. The lowest BCUT2D eigenvalue weighted by atomic mass is 10.1. The Morgan fingerprint density at radius 3 is 2.45 bits per heavy atom. The molecule has 0 spiro atoms. The van der Waals surface area contributed by atoms with Gasteiger partial charge in [-0.2, -0.15) is 0 Å². The fourth-order valence-electron chi connectivity index (χ4n) is 2.01. The van der Waals surface area contributed by atoms with Crippen LogP contribution in [0.5, 0.6) is 0 Å². The number of alkyl halides is 1. The number of hydrogen-bond donors (Lipinski definition) is 1. The summed E-state index contributed by atoms with van der Waals surface area (Å²) in [4.78, 5) is 0. The average Bonchev–Trinajstić information content (AvgIpc) is 2.47. The van der Waals surface area contributed by atoms with Crippen molar-refractivity contribution in [3.63, 3.8) is 0 Å². The summed E-state index contributed by atoms with van der Waals surface area (Å²) in [6, 6.07) is 16.0. The highest BCUT2D eigenvalue weighted by atomic mass is 35.5. The molecular weight excluding hydrogens is 313 g/mol. The summed E-state index contributed by atoms with van der Waals surface area (Å²) in [5, 5.41) is 4.84. The molecule has 0 aromatic heterocycles. The molecule has 0 saturated heterocycles. The maximum atomic E-state index is 6.15. The topological polar surface area (TPSA) is 12.0 Å². The predicted molar refractivity (Wildman–Crippen MR) is 88.0 cm³/mol. The SMILES string of the molecule is ClCC(Cc1ccccc1)NCc1cc(Cl)ccc1Cl. The Labute approximate surface area is 134 Å². The number of rotatable bonds is 6. The van der Waals surface area contributed by atoms with Crippen LogP contribution in [0.1, 0.15) is 11.1 Å². The highest BCUT2D eigenvalue weighted by Gasteiger charge is 2.09. The second-order valence-corrected chi connectivity index (χ2v) is 5.81. The molecule has 0 heterocycles. The van der Waals surface area contributed by atoms with Crippen LogP contribution in [0.3, 0.4) is 0 Å². The van der Waals surface area contributed by atoms with Crippen molar-refractivity contribution in [2.24, 2.45) is 0 Å². The Hall–Kier alpha value is -0.730. The first-order chi connectivity index (χ1) is 9.69. The second-order valence-electron chi connectivity index (χ2n) is 4.66. The molecule has 106 valence electrons. The van der Waals surface area contributed by atoms with Crippen molar-refractivity contribution in [2.45, 2.75) is 19.0 Å². The Bertz CT molecular complexity index is 543. The molecule has 1 N–H and O–H groups in total. The van der Waals surface area contributed by atoms with Gasteiger partial charge in [0.2, 0.25) is 0 Å². The maximum absolute atomic E-state index is 6.15. The van der Waals surface area contributed by atoms with Crippen molar-refractivity contribution in [2.75, 3.05) is 5.88 Å². The van der Waals surface area contributed by atoms with E-state index in [1.807, 2.05) is 30.3 Å². The van der Waals surface area contributed by atoms with Crippen LogP contribution in [-0.4, -0.2) is 11.9 Å². The standard InChI is InChI=1S/C16H16Cl3N/c17-10-15(8-12-4-2-1-3-5-12)20-11-13-9-14(18)6-7-16(13)19/h1-7,9,15,20H,8,10-11H2. The Balaban J connectivity index is 1.95. The first-order valence-electron chi connectivity index (χ1n) is 6.46. The van der Waals surface area contributed by atoms with Gasteiger partial charge in [-0.15, -0.1) is 11.6 Å². The molecule has 4 heteroatoms. The first-order valence-corrected chi connectivity index (χ1v) is 7.75. The van der Waals surface area contributed by atoms with Crippen molar-refractivity contribution in [3.05, 3.63) is 69.7 Å². The quantitative estimate of drug-likeness (QED) is 0.741. The minimum atomic E-state index is 0.203. The van der Waals surface area contributed by atoms with E-state index in [1.54, 1.807) is 6.07 Å². The van der Waals surface area contributed by atoms with Crippen LogP contribution in [-0.2, 0) is 13.0 Å². The van der Waals surface area contributed by atoms with E-state index >= 15 is 0 Å². The molecule has 1 nitrogen and oxygen atoms in total. The molecule has 1 unspecified atom stereocenters. The van der Waals surface area contributed by atoms with Gasteiger partial charge in [-0.3, -0.25) is 0 Å². The van der Waals surface area contributed by atoms with E-state index in [0.29, 0.717) is 17.4 Å². The molecular formula is C16H16Cl3N. The molecule has 2 aromatic rings. The zero-order valence-corrected chi connectivity index (χ0v) is 13.2. The van der Waals surface area contributed by atoms with Gasteiger partial charge in [0.05, 0.1) is 0 Å². The van der Waals surface area contributed by atoms with Crippen LogP contribution in [0, 0.1) is 0 Å². The zero-order chi connectivity index (χ0) is 14.4. The van der Waals surface area contributed by atoms with Crippen LogP contribution in [0.2, 0.25) is 10.0 Å². The molecule has 2 aromatic carbocycles. The Kier molecular flexibility index (Phi) is 6.18. The van der Waals surface area contributed by atoms with Gasteiger partial charge in [0.15, 0.2) is 0 Å². The van der Waals surface area contributed by atoms with E-state index in [2.05, 4.69) is 17.4 Å². The maximum Gasteiger partial charge on any atom is 0.0451 e. The number of hydrogen-bond acceptors (Lipinski definition) is 1. The minimum Gasteiger partial charge on any atom is -0.308 e. The van der Waals surface area contributed by atoms with Gasteiger partial charge < -0.3 is 5.32 Å². The molecule has 0 aliphatic heterocycles. The van der Waals surface area contributed by atoms with E-state index in [-0.39, 0.29) is 6.04 Å². The first kappa shape index (κ1) is 15.7. The predicted octanol–water partition coefficient (Wildman–Crippen LogP) is 4.93. The van der Waals surface area contributed by atoms with Crippen LogP contribution >= 0.6 is 34.8 Å². The van der Waals surface area contributed by atoms with Crippen LogP contribution in [0.15, 0.2) is 48.5 Å². The van der Waals surface area contributed by atoms with Crippen molar-refractivity contribution < 1.29 is 0 Å². The fraction of sp³-hybridized carbons (Fsp3) is 0.250. The molecule has 0 aliphatic rings.